The number of ether oxygens (including phenoxy) is 2. The summed E-state index contributed by atoms with van der Waals surface area (Å²) >= 11 is 0. The molecule has 0 aliphatic carbocycles. The number of rotatable bonds is 6. The van der Waals surface area contributed by atoms with Crippen LogP contribution in [0.3, 0.4) is 0 Å². The Hall–Kier alpha value is -3.55. The zero-order chi connectivity index (χ0) is 21.7. The highest BCUT2D eigenvalue weighted by Gasteiger charge is 2.25. The molecule has 3 rings (SSSR count). The summed E-state index contributed by atoms with van der Waals surface area (Å²) in [7, 11) is 2.98. The maximum atomic E-state index is 13.1. The summed E-state index contributed by atoms with van der Waals surface area (Å²) in [6.07, 6.45) is 1.91. The molecule has 8 nitrogen and oxygen atoms in total. The van der Waals surface area contributed by atoms with E-state index in [1.807, 2.05) is 0 Å². The molecule has 1 saturated heterocycles. The average Bonchev–Trinajstić information content (AvgIpc) is 3.27. The van der Waals surface area contributed by atoms with Crippen LogP contribution in [0.25, 0.3) is 0 Å². The molecule has 2 N–H and O–H groups in total. The fourth-order valence-electron chi connectivity index (χ4n) is 3.39. The van der Waals surface area contributed by atoms with Crippen LogP contribution in [0.4, 0.5) is 11.4 Å². The van der Waals surface area contributed by atoms with Crippen LogP contribution in [0, 0.1) is 0 Å². The number of hydrogen-bond donors (Lipinski definition) is 2. The van der Waals surface area contributed by atoms with Crippen LogP contribution in [0.2, 0.25) is 0 Å². The number of hydrogen-bond acceptors (Lipinski definition) is 5. The minimum Gasteiger partial charge on any atom is -0.493 e. The first kappa shape index (κ1) is 21.2. The van der Waals surface area contributed by atoms with Crippen LogP contribution in [-0.2, 0) is 4.79 Å². The zero-order valence-corrected chi connectivity index (χ0v) is 17.3. The van der Waals surface area contributed by atoms with Crippen molar-refractivity contribution in [3.05, 3.63) is 47.5 Å². The van der Waals surface area contributed by atoms with E-state index in [1.165, 1.54) is 21.1 Å². The Kier molecular flexibility index (Phi) is 6.56. The lowest BCUT2D eigenvalue weighted by molar-refractivity contribution is -0.114. The Bertz CT molecular complexity index is 967. The lowest BCUT2D eigenvalue weighted by Gasteiger charge is -2.20. The lowest BCUT2D eigenvalue weighted by atomic mass is 10.1. The first-order chi connectivity index (χ1) is 14.4. The second-order valence-corrected chi connectivity index (χ2v) is 6.97. The molecule has 2 aromatic carbocycles. The second kappa shape index (κ2) is 9.30. The quantitative estimate of drug-likeness (QED) is 0.761. The fraction of sp³-hybridized carbons (Fsp3) is 0.318. The minimum atomic E-state index is -0.412. The molecule has 8 heteroatoms. The smallest absolute Gasteiger partial charge is 0.256 e. The largest absolute Gasteiger partial charge is 0.493 e. The summed E-state index contributed by atoms with van der Waals surface area (Å²) < 4.78 is 10.7. The van der Waals surface area contributed by atoms with Crippen LogP contribution in [-0.4, -0.2) is 49.9 Å². The maximum Gasteiger partial charge on any atom is 0.256 e. The lowest BCUT2D eigenvalue weighted by Crippen LogP contribution is -2.29. The van der Waals surface area contributed by atoms with Crippen LogP contribution in [0.15, 0.2) is 36.4 Å². The Morgan fingerprint density at radius 2 is 1.60 bits per heavy atom. The van der Waals surface area contributed by atoms with Gasteiger partial charge >= 0.3 is 0 Å². The predicted octanol–water partition coefficient (Wildman–Crippen LogP) is 3.15. The topological polar surface area (TPSA) is 97.0 Å². The van der Waals surface area contributed by atoms with Gasteiger partial charge in [0.15, 0.2) is 11.5 Å². The number of nitrogens with one attached hydrogen (secondary N) is 2. The number of anilines is 2. The monoisotopic (exact) mass is 411 g/mol. The normalized spacial score (nSPS) is 13.0. The van der Waals surface area contributed by atoms with Crippen molar-refractivity contribution in [2.45, 2.75) is 19.8 Å². The van der Waals surface area contributed by atoms with Gasteiger partial charge in [0.1, 0.15) is 0 Å². The van der Waals surface area contributed by atoms with Crippen molar-refractivity contribution in [3.8, 4) is 11.5 Å². The summed E-state index contributed by atoms with van der Waals surface area (Å²) in [5.41, 5.74) is 1.52. The number of amides is 3. The Morgan fingerprint density at radius 3 is 2.23 bits per heavy atom. The van der Waals surface area contributed by atoms with E-state index < -0.39 is 5.91 Å². The van der Waals surface area contributed by atoms with E-state index in [1.54, 1.807) is 41.3 Å². The summed E-state index contributed by atoms with van der Waals surface area (Å²) in [4.78, 5) is 39.0. The molecule has 30 heavy (non-hydrogen) atoms. The molecule has 1 heterocycles. The van der Waals surface area contributed by atoms with Gasteiger partial charge in [0.05, 0.1) is 25.5 Å². The van der Waals surface area contributed by atoms with E-state index in [-0.39, 0.29) is 11.8 Å². The molecular formula is C22H25N3O5. The van der Waals surface area contributed by atoms with Crippen molar-refractivity contribution in [3.63, 3.8) is 0 Å². The van der Waals surface area contributed by atoms with Crippen molar-refractivity contribution in [2.75, 3.05) is 37.9 Å². The molecule has 0 unspecified atom stereocenters. The summed E-state index contributed by atoms with van der Waals surface area (Å²) in [5, 5.41) is 5.45. The van der Waals surface area contributed by atoms with Crippen molar-refractivity contribution < 1.29 is 23.9 Å². The molecule has 158 valence electrons. The molecule has 1 aliphatic heterocycles. The molecule has 0 radical (unpaired) electrons. The molecule has 0 spiro atoms. The molecule has 0 saturated carbocycles. The van der Waals surface area contributed by atoms with Gasteiger partial charge in [-0.3, -0.25) is 14.4 Å². The molecule has 0 atom stereocenters. The molecule has 0 bridgehead atoms. The van der Waals surface area contributed by atoms with Gasteiger partial charge in [-0.25, -0.2) is 0 Å². The number of methoxy groups -OCH3 is 2. The van der Waals surface area contributed by atoms with Crippen LogP contribution >= 0.6 is 0 Å². The summed E-state index contributed by atoms with van der Waals surface area (Å²) in [5.74, 6) is -0.00457. The summed E-state index contributed by atoms with van der Waals surface area (Å²) in [6, 6.07) is 9.73. The van der Waals surface area contributed by atoms with Crippen molar-refractivity contribution in [1.82, 2.24) is 4.90 Å². The highest BCUT2D eigenvalue weighted by atomic mass is 16.5. The zero-order valence-electron chi connectivity index (χ0n) is 17.3. The highest BCUT2D eigenvalue weighted by Crippen LogP contribution is 2.34. The van der Waals surface area contributed by atoms with Crippen molar-refractivity contribution in [1.29, 1.82) is 0 Å². The molecule has 2 aromatic rings. The van der Waals surface area contributed by atoms with Gasteiger partial charge in [-0.05, 0) is 37.1 Å². The van der Waals surface area contributed by atoms with E-state index in [4.69, 9.17) is 9.47 Å². The number of likely N-dealkylation sites (tertiary alicyclic amines) is 1. The Labute approximate surface area is 175 Å². The molecule has 1 aliphatic rings. The van der Waals surface area contributed by atoms with Crippen molar-refractivity contribution in [2.24, 2.45) is 0 Å². The Balaban J connectivity index is 1.94. The van der Waals surface area contributed by atoms with E-state index in [0.29, 0.717) is 47.1 Å². The minimum absolute atomic E-state index is 0.171. The number of benzene rings is 2. The van der Waals surface area contributed by atoms with E-state index >= 15 is 0 Å². The Morgan fingerprint density at radius 1 is 0.933 bits per heavy atom. The average molecular weight is 411 g/mol. The molecule has 0 aromatic heterocycles. The molecule has 3 amide bonds. The highest BCUT2D eigenvalue weighted by molar-refractivity contribution is 6.10. The number of nitrogens with zero attached hydrogens (tertiary/aromatic N) is 1. The molecule has 1 fully saturated rings. The molecular weight excluding hydrogens is 386 g/mol. The van der Waals surface area contributed by atoms with Crippen LogP contribution < -0.4 is 20.1 Å². The fourth-order valence-corrected chi connectivity index (χ4v) is 3.39. The van der Waals surface area contributed by atoms with Gasteiger partial charge < -0.3 is 25.0 Å². The second-order valence-electron chi connectivity index (χ2n) is 6.97. The van der Waals surface area contributed by atoms with Gasteiger partial charge in [0.2, 0.25) is 5.91 Å². The number of carbonyl (C=O) groups excluding carboxylic acids is 3. The SMILES string of the molecule is COc1cc(NC(=O)c2cccc(NC(C)=O)c2)c(C(=O)N2CCCC2)cc1OC. The maximum absolute atomic E-state index is 13.1. The first-order valence-electron chi connectivity index (χ1n) is 9.67. The third-order valence-corrected chi connectivity index (χ3v) is 4.84. The van der Waals surface area contributed by atoms with Gasteiger partial charge in [-0.1, -0.05) is 6.07 Å². The van der Waals surface area contributed by atoms with E-state index in [0.717, 1.165) is 12.8 Å². The third-order valence-electron chi connectivity index (χ3n) is 4.84. The van der Waals surface area contributed by atoms with E-state index in [2.05, 4.69) is 10.6 Å². The standard InChI is InChI=1S/C22H25N3O5/c1-14(26)23-16-8-6-7-15(11-16)21(27)24-18-13-20(30-3)19(29-2)12-17(18)22(28)25-9-4-5-10-25/h6-8,11-13H,4-5,9-10H2,1-3H3,(H,23,26)(H,24,27). The first-order valence-corrected chi connectivity index (χ1v) is 9.67. The summed E-state index contributed by atoms with van der Waals surface area (Å²) in [6.45, 7) is 2.76. The van der Waals surface area contributed by atoms with Crippen LogP contribution in [0.5, 0.6) is 11.5 Å². The van der Waals surface area contributed by atoms with E-state index in [9.17, 15) is 14.4 Å². The predicted molar refractivity (Wildman–Crippen MR) is 113 cm³/mol. The van der Waals surface area contributed by atoms with Gasteiger partial charge in [0, 0.05) is 37.3 Å². The van der Waals surface area contributed by atoms with Crippen molar-refractivity contribution >= 4 is 29.1 Å². The van der Waals surface area contributed by atoms with Crippen LogP contribution in [0.1, 0.15) is 40.5 Å². The number of carbonyl (C=O) groups is 3. The van der Waals surface area contributed by atoms with Gasteiger partial charge in [-0.15, -0.1) is 0 Å². The third kappa shape index (κ3) is 4.71. The van der Waals surface area contributed by atoms with Gasteiger partial charge in [-0.2, -0.15) is 0 Å². The van der Waals surface area contributed by atoms with Gasteiger partial charge in [0.25, 0.3) is 11.8 Å².